The molecule has 0 aliphatic carbocycles. The first-order chi connectivity index (χ1) is 19.5. The zero-order valence-electron chi connectivity index (χ0n) is 21.7. The van der Waals surface area contributed by atoms with E-state index in [4.69, 9.17) is 19.8 Å². The molecule has 3 aromatic carbocycles. The van der Waals surface area contributed by atoms with Crippen molar-refractivity contribution in [2.24, 2.45) is 0 Å². The molecule has 0 aliphatic rings. The van der Waals surface area contributed by atoms with E-state index in [1.165, 1.54) is 17.4 Å². The van der Waals surface area contributed by atoms with Gasteiger partial charge in [-0.25, -0.2) is 4.79 Å². The number of methoxy groups -OCH3 is 2. The predicted molar refractivity (Wildman–Crippen MR) is 162 cm³/mol. The molecule has 0 saturated carbocycles. The van der Waals surface area contributed by atoms with Crippen LogP contribution in [0.3, 0.4) is 0 Å². The predicted octanol–water partition coefficient (Wildman–Crippen LogP) is 8.62. The SMILES string of the molecule is COc1ccc(N(c2ccc(OC)cc2)c2ccc(-c3ccc(-c4ccc(/C=C(\C#N)C(=O)O)s4)s3)cc2)cc1. The van der Waals surface area contributed by atoms with Gasteiger partial charge in [0.25, 0.3) is 0 Å². The van der Waals surface area contributed by atoms with Gasteiger partial charge in [0.1, 0.15) is 23.1 Å². The second-order valence-electron chi connectivity index (χ2n) is 8.62. The van der Waals surface area contributed by atoms with E-state index in [1.54, 1.807) is 31.6 Å². The van der Waals surface area contributed by atoms with Crippen molar-refractivity contribution in [1.29, 1.82) is 5.26 Å². The first kappa shape index (κ1) is 26.8. The maximum atomic E-state index is 11.2. The van der Waals surface area contributed by atoms with Crippen LogP contribution in [0.2, 0.25) is 0 Å². The third-order valence-electron chi connectivity index (χ3n) is 6.18. The summed E-state index contributed by atoms with van der Waals surface area (Å²) in [6, 6.07) is 34.0. The van der Waals surface area contributed by atoms with Gasteiger partial charge in [-0.2, -0.15) is 5.26 Å². The van der Waals surface area contributed by atoms with Gasteiger partial charge in [0.15, 0.2) is 0 Å². The average molecular weight is 565 g/mol. The van der Waals surface area contributed by atoms with E-state index in [0.29, 0.717) is 0 Å². The van der Waals surface area contributed by atoms with E-state index in [9.17, 15) is 4.79 Å². The van der Waals surface area contributed by atoms with Crippen molar-refractivity contribution in [2.45, 2.75) is 0 Å². The fourth-order valence-electron chi connectivity index (χ4n) is 4.16. The minimum absolute atomic E-state index is 0.279. The number of thiophene rings is 2. The Bertz CT molecular complexity index is 1650. The molecule has 6 nitrogen and oxygen atoms in total. The summed E-state index contributed by atoms with van der Waals surface area (Å²) in [6.45, 7) is 0. The zero-order valence-corrected chi connectivity index (χ0v) is 23.3. The van der Waals surface area contributed by atoms with Crippen LogP contribution in [0.15, 0.2) is 103 Å². The van der Waals surface area contributed by atoms with E-state index in [-0.39, 0.29) is 5.57 Å². The Balaban J connectivity index is 1.42. The van der Waals surface area contributed by atoms with Crippen LogP contribution in [-0.4, -0.2) is 25.3 Å². The number of anilines is 3. The molecule has 0 amide bonds. The molecule has 8 heteroatoms. The van der Waals surface area contributed by atoms with Crippen LogP contribution >= 0.6 is 22.7 Å². The van der Waals surface area contributed by atoms with E-state index in [2.05, 4.69) is 41.3 Å². The highest BCUT2D eigenvalue weighted by Crippen LogP contribution is 2.40. The minimum atomic E-state index is -1.23. The molecule has 0 atom stereocenters. The third-order valence-corrected chi connectivity index (χ3v) is 8.55. The third kappa shape index (κ3) is 5.76. The number of hydrogen-bond donors (Lipinski definition) is 1. The van der Waals surface area contributed by atoms with Crippen molar-refractivity contribution >= 4 is 51.8 Å². The lowest BCUT2D eigenvalue weighted by molar-refractivity contribution is -0.132. The number of carbonyl (C=O) groups is 1. The number of aliphatic carboxylic acids is 1. The lowest BCUT2D eigenvalue weighted by Crippen LogP contribution is -2.09. The molecular formula is C32H24N2O4S2. The highest BCUT2D eigenvalue weighted by atomic mass is 32.1. The van der Waals surface area contributed by atoms with Crippen LogP contribution in [-0.2, 0) is 4.79 Å². The molecule has 0 saturated heterocycles. The molecule has 0 unspecified atom stereocenters. The molecule has 0 bridgehead atoms. The summed E-state index contributed by atoms with van der Waals surface area (Å²) < 4.78 is 10.7. The van der Waals surface area contributed by atoms with Crippen molar-refractivity contribution in [3.8, 4) is 37.8 Å². The van der Waals surface area contributed by atoms with Gasteiger partial charge in [0.05, 0.1) is 14.2 Å². The Morgan fingerprint density at radius 3 is 1.70 bits per heavy atom. The van der Waals surface area contributed by atoms with Crippen LogP contribution in [0, 0.1) is 11.3 Å². The highest BCUT2D eigenvalue weighted by molar-refractivity contribution is 7.24. The number of rotatable bonds is 9. The lowest BCUT2D eigenvalue weighted by Gasteiger charge is -2.26. The van der Waals surface area contributed by atoms with Crippen LogP contribution < -0.4 is 14.4 Å². The lowest BCUT2D eigenvalue weighted by atomic mass is 10.1. The molecule has 0 radical (unpaired) electrons. The summed E-state index contributed by atoms with van der Waals surface area (Å²) in [7, 11) is 3.31. The number of hydrogen-bond acceptors (Lipinski definition) is 7. The number of benzene rings is 3. The van der Waals surface area contributed by atoms with Gasteiger partial charge >= 0.3 is 5.97 Å². The Labute approximate surface area is 240 Å². The highest BCUT2D eigenvalue weighted by Gasteiger charge is 2.14. The van der Waals surface area contributed by atoms with Gasteiger partial charge in [-0.05, 0) is 96.6 Å². The maximum Gasteiger partial charge on any atom is 0.346 e. The monoisotopic (exact) mass is 564 g/mol. The second-order valence-corrected chi connectivity index (χ2v) is 10.8. The van der Waals surface area contributed by atoms with Crippen LogP contribution in [0.5, 0.6) is 11.5 Å². The minimum Gasteiger partial charge on any atom is -0.497 e. The number of ether oxygens (including phenoxy) is 2. The number of carboxylic acid groups (broad SMARTS) is 1. The summed E-state index contributed by atoms with van der Waals surface area (Å²) in [4.78, 5) is 17.3. The molecule has 0 spiro atoms. The Morgan fingerprint density at radius 1 is 0.725 bits per heavy atom. The number of nitriles is 1. The van der Waals surface area contributed by atoms with Crippen LogP contribution in [0.4, 0.5) is 17.1 Å². The number of nitrogens with zero attached hydrogens (tertiary/aromatic N) is 2. The van der Waals surface area contributed by atoms with E-state index in [0.717, 1.165) is 53.6 Å². The molecule has 1 N–H and O–H groups in total. The quantitative estimate of drug-likeness (QED) is 0.143. The second kappa shape index (κ2) is 11.9. The molecule has 5 aromatic rings. The summed E-state index contributed by atoms with van der Waals surface area (Å²) in [5.41, 5.74) is 3.83. The summed E-state index contributed by atoms with van der Waals surface area (Å²) in [5.74, 6) is 0.365. The van der Waals surface area contributed by atoms with Crippen molar-refractivity contribution in [1.82, 2.24) is 0 Å². The fraction of sp³-hybridized carbons (Fsp3) is 0.0625. The first-order valence-corrected chi connectivity index (χ1v) is 13.9. The molecule has 5 rings (SSSR count). The van der Waals surface area contributed by atoms with Crippen molar-refractivity contribution < 1.29 is 19.4 Å². The number of carboxylic acids is 1. The fourth-order valence-corrected chi connectivity index (χ4v) is 6.21. The largest absolute Gasteiger partial charge is 0.497 e. The van der Waals surface area contributed by atoms with E-state index < -0.39 is 5.97 Å². The van der Waals surface area contributed by atoms with Crippen molar-refractivity contribution in [3.05, 3.63) is 108 Å². The molecule has 2 aromatic heterocycles. The van der Waals surface area contributed by atoms with Crippen molar-refractivity contribution in [3.63, 3.8) is 0 Å². The average Bonchev–Trinajstić information content (AvgIpc) is 3.67. The standard InChI is InChI=1S/C32H24N2O4S2/c1-37-26-11-7-24(8-12-26)34(25-9-13-27(38-2)14-10-25)23-5-3-21(4-6-23)29-17-18-31(40-29)30-16-15-28(39-30)19-22(20-33)32(35)36/h3-19H,1-2H3,(H,35,36)/b22-19+. The molecule has 2 heterocycles. The van der Waals surface area contributed by atoms with E-state index in [1.807, 2.05) is 60.7 Å². The maximum absolute atomic E-state index is 11.2. The summed E-state index contributed by atoms with van der Waals surface area (Å²) >= 11 is 3.12. The van der Waals surface area contributed by atoms with E-state index >= 15 is 0 Å². The zero-order chi connectivity index (χ0) is 28.1. The molecule has 0 fully saturated rings. The molecule has 198 valence electrons. The summed E-state index contributed by atoms with van der Waals surface area (Å²) in [5, 5.41) is 18.1. The van der Waals surface area contributed by atoms with Gasteiger partial charge in [0.2, 0.25) is 0 Å². The van der Waals surface area contributed by atoms with Gasteiger partial charge < -0.3 is 19.5 Å². The van der Waals surface area contributed by atoms with Crippen LogP contribution in [0.25, 0.3) is 26.3 Å². The van der Waals surface area contributed by atoms with Crippen LogP contribution in [0.1, 0.15) is 4.88 Å². The Morgan fingerprint density at radius 2 is 1.20 bits per heavy atom. The normalized spacial score (nSPS) is 11.1. The summed E-state index contributed by atoms with van der Waals surface area (Å²) in [6.07, 6.45) is 1.40. The van der Waals surface area contributed by atoms with Gasteiger partial charge in [-0.15, -0.1) is 22.7 Å². The molecular weight excluding hydrogens is 540 g/mol. The topological polar surface area (TPSA) is 82.8 Å². The van der Waals surface area contributed by atoms with Gasteiger partial charge in [-0.1, -0.05) is 12.1 Å². The van der Waals surface area contributed by atoms with Gasteiger partial charge in [0, 0.05) is 36.6 Å². The molecule has 0 aliphatic heterocycles. The van der Waals surface area contributed by atoms with Gasteiger partial charge in [-0.3, -0.25) is 0 Å². The molecule has 40 heavy (non-hydrogen) atoms. The Kier molecular flexibility index (Phi) is 7.97. The smallest absolute Gasteiger partial charge is 0.346 e. The van der Waals surface area contributed by atoms with Crippen molar-refractivity contribution in [2.75, 3.05) is 19.1 Å². The first-order valence-electron chi connectivity index (χ1n) is 12.2. The Hall–Kier alpha value is -4.84.